The molecule has 0 amide bonds. The van der Waals surface area contributed by atoms with Crippen molar-refractivity contribution in [3.05, 3.63) is 64.5 Å². The Morgan fingerprint density at radius 2 is 1.82 bits per heavy atom. The van der Waals surface area contributed by atoms with Crippen LogP contribution in [0.15, 0.2) is 30.5 Å². The van der Waals surface area contributed by atoms with Gasteiger partial charge in [0.05, 0.1) is 29.3 Å². The molecule has 3 rings (SSSR count). The van der Waals surface area contributed by atoms with Crippen molar-refractivity contribution in [3.63, 3.8) is 0 Å². The monoisotopic (exact) mass is 400 g/mol. The van der Waals surface area contributed by atoms with Crippen LogP contribution in [0.2, 0.25) is 0 Å². The van der Waals surface area contributed by atoms with Crippen molar-refractivity contribution in [2.45, 2.75) is 47.3 Å². The van der Waals surface area contributed by atoms with Gasteiger partial charge in [0.25, 0.3) is 0 Å². The third kappa shape index (κ3) is 4.56. The van der Waals surface area contributed by atoms with Gasteiger partial charge in [-0.3, -0.25) is 9.36 Å². The normalized spacial score (nSPS) is 10.9. The molecule has 0 aliphatic rings. The molecule has 3 aromatic rings. The van der Waals surface area contributed by atoms with Crippen LogP contribution >= 0.6 is 12.2 Å². The van der Waals surface area contributed by atoms with Crippen LogP contribution in [-0.4, -0.2) is 24.7 Å². The molecule has 0 spiro atoms. The number of nitrogens with zero attached hydrogens (tertiary/aromatic N) is 4. The van der Waals surface area contributed by atoms with Crippen molar-refractivity contribution in [1.29, 1.82) is 0 Å². The minimum absolute atomic E-state index is 0.240. The van der Waals surface area contributed by atoms with Gasteiger partial charge in [0, 0.05) is 24.8 Å². The quantitative estimate of drug-likeness (QED) is 0.618. The van der Waals surface area contributed by atoms with E-state index in [2.05, 4.69) is 27.8 Å². The van der Waals surface area contributed by atoms with Crippen LogP contribution in [-0.2, 0) is 19.6 Å². The average molecular weight is 401 g/mol. The van der Waals surface area contributed by atoms with Crippen molar-refractivity contribution >= 4 is 23.0 Å². The second kappa shape index (κ2) is 8.52. The van der Waals surface area contributed by atoms with E-state index in [4.69, 9.17) is 12.2 Å². The number of thiocarbonyl (C=S) groups is 1. The van der Waals surface area contributed by atoms with Crippen LogP contribution < -0.4 is 10.6 Å². The fraction of sp³-hybridized carbons (Fsp3) is 0.350. The third-order valence-electron chi connectivity index (χ3n) is 4.68. The summed E-state index contributed by atoms with van der Waals surface area (Å²) in [6.45, 7) is 10.0. The fourth-order valence-corrected chi connectivity index (χ4v) is 3.20. The molecule has 0 aliphatic heterocycles. The number of nitrogens with one attached hydrogen (secondary N) is 2. The van der Waals surface area contributed by atoms with Crippen molar-refractivity contribution in [2.24, 2.45) is 0 Å². The van der Waals surface area contributed by atoms with Gasteiger partial charge in [0.2, 0.25) is 0 Å². The van der Waals surface area contributed by atoms with E-state index in [0.717, 1.165) is 40.4 Å². The molecule has 0 unspecified atom stereocenters. The Bertz CT molecular complexity index is 973. The van der Waals surface area contributed by atoms with E-state index >= 15 is 0 Å². The first-order chi connectivity index (χ1) is 13.4. The zero-order valence-corrected chi connectivity index (χ0v) is 17.4. The molecule has 6 nitrogen and oxygen atoms in total. The predicted molar refractivity (Wildman–Crippen MR) is 113 cm³/mol. The lowest BCUT2D eigenvalue weighted by Crippen LogP contribution is -2.28. The molecule has 2 N–H and O–H groups in total. The Morgan fingerprint density at radius 3 is 2.46 bits per heavy atom. The zero-order valence-electron chi connectivity index (χ0n) is 16.6. The number of rotatable bonds is 6. The molecule has 0 aliphatic carbocycles. The highest BCUT2D eigenvalue weighted by molar-refractivity contribution is 7.80. The zero-order chi connectivity index (χ0) is 20.3. The summed E-state index contributed by atoms with van der Waals surface area (Å²) in [4.78, 5) is 0. The maximum atomic E-state index is 13.1. The van der Waals surface area contributed by atoms with E-state index in [1.807, 2.05) is 36.3 Å². The minimum atomic E-state index is -0.240. The first-order valence-corrected chi connectivity index (χ1v) is 9.64. The molecular formula is C20H25FN6S. The Balaban J connectivity index is 1.64. The Hall–Kier alpha value is -2.74. The van der Waals surface area contributed by atoms with E-state index in [-0.39, 0.29) is 5.82 Å². The van der Waals surface area contributed by atoms with Crippen molar-refractivity contribution in [2.75, 3.05) is 5.32 Å². The third-order valence-corrected chi connectivity index (χ3v) is 4.92. The first kappa shape index (κ1) is 20.0. The second-order valence-electron chi connectivity index (χ2n) is 6.73. The molecule has 8 heteroatoms. The summed E-state index contributed by atoms with van der Waals surface area (Å²) in [5.41, 5.74) is 5.83. The topological polar surface area (TPSA) is 59.7 Å². The van der Waals surface area contributed by atoms with E-state index < -0.39 is 0 Å². The maximum absolute atomic E-state index is 13.1. The Morgan fingerprint density at radius 1 is 1.11 bits per heavy atom. The van der Waals surface area contributed by atoms with E-state index in [9.17, 15) is 4.39 Å². The van der Waals surface area contributed by atoms with Crippen LogP contribution in [0.1, 0.15) is 35.1 Å². The van der Waals surface area contributed by atoms with E-state index in [0.29, 0.717) is 18.2 Å². The van der Waals surface area contributed by atoms with Gasteiger partial charge >= 0.3 is 0 Å². The Labute approximate surface area is 169 Å². The smallest absolute Gasteiger partial charge is 0.171 e. The van der Waals surface area contributed by atoms with Crippen molar-refractivity contribution < 1.29 is 4.39 Å². The van der Waals surface area contributed by atoms with Crippen LogP contribution in [0.5, 0.6) is 0 Å². The number of halogens is 1. The highest BCUT2D eigenvalue weighted by Crippen LogP contribution is 2.20. The summed E-state index contributed by atoms with van der Waals surface area (Å²) in [6.07, 6.45) is 2.03. The van der Waals surface area contributed by atoms with Crippen molar-refractivity contribution in [1.82, 2.24) is 24.9 Å². The van der Waals surface area contributed by atoms with Crippen LogP contribution in [0.3, 0.4) is 0 Å². The summed E-state index contributed by atoms with van der Waals surface area (Å²) in [6, 6.07) is 6.46. The second-order valence-corrected chi connectivity index (χ2v) is 7.14. The van der Waals surface area contributed by atoms with E-state index in [1.54, 1.807) is 12.1 Å². The molecule has 2 aromatic heterocycles. The highest BCUT2D eigenvalue weighted by Gasteiger charge is 2.13. The van der Waals surface area contributed by atoms with Gasteiger partial charge in [-0.1, -0.05) is 12.1 Å². The highest BCUT2D eigenvalue weighted by atomic mass is 32.1. The average Bonchev–Trinajstić information content (AvgIpc) is 3.16. The lowest BCUT2D eigenvalue weighted by molar-refractivity contribution is 0.622. The molecule has 0 saturated heterocycles. The number of aromatic nitrogens is 4. The number of benzene rings is 1. The minimum Gasteiger partial charge on any atom is -0.358 e. The lowest BCUT2D eigenvalue weighted by Gasteiger charge is -2.11. The van der Waals surface area contributed by atoms with Crippen LogP contribution in [0.4, 0.5) is 10.1 Å². The summed E-state index contributed by atoms with van der Waals surface area (Å²) in [7, 11) is 0. The molecule has 0 bridgehead atoms. The van der Waals surface area contributed by atoms with Gasteiger partial charge in [0.1, 0.15) is 5.82 Å². The van der Waals surface area contributed by atoms with E-state index in [1.165, 1.54) is 12.1 Å². The molecule has 0 atom stereocenters. The largest absolute Gasteiger partial charge is 0.358 e. The first-order valence-electron chi connectivity index (χ1n) is 9.23. The number of hydrogen-bond acceptors (Lipinski definition) is 3. The molecule has 0 saturated carbocycles. The van der Waals surface area contributed by atoms with Crippen LogP contribution in [0, 0.1) is 26.6 Å². The molecule has 2 heterocycles. The molecule has 148 valence electrons. The van der Waals surface area contributed by atoms with Gasteiger partial charge in [-0.05, 0) is 57.6 Å². The number of anilines is 1. The summed E-state index contributed by atoms with van der Waals surface area (Å²) >= 11 is 5.46. The number of aryl methyl sites for hydroxylation is 3. The summed E-state index contributed by atoms with van der Waals surface area (Å²) in [5, 5.41) is 16.1. The van der Waals surface area contributed by atoms with Gasteiger partial charge in [-0.25, -0.2) is 4.39 Å². The van der Waals surface area contributed by atoms with Gasteiger partial charge in [-0.2, -0.15) is 10.2 Å². The molecule has 0 radical (unpaired) electrons. The van der Waals surface area contributed by atoms with Gasteiger partial charge in [0.15, 0.2) is 5.11 Å². The predicted octanol–water partition coefficient (Wildman–Crippen LogP) is 3.70. The summed E-state index contributed by atoms with van der Waals surface area (Å²) in [5.74, 6) is -0.240. The fourth-order valence-electron chi connectivity index (χ4n) is 3.02. The lowest BCUT2D eigenvalue weighted by atomic mass is 10.2. The van der Waals surface area contributed by atoms with Crippen molar-refractivity contribution in [3.8, 4) is 0 Å². The van der Waals surface area contributed by atoms with Gasteiger partial charge in [-0.15, -0.1) is 0 Å². The Kier molecular flexibility index (Phi) is 6.08. The molecular weight excluding hydrogens is 375 g/mol. The standard InChI is InChI=1S/C20H25FN6S/c1-5-26-12-17(13(2)24-26)10-22-20(28)23-19-14(3)25-27(15(19)4)11-16-6-8-18(21)9-7-16/h6-9,12H,5,10-11H2,1-4H3,(H2,22,23,28). The summed E-state index contributed by atoms with van der Waals surface area (Å²) < 4.78 is 16.9. The van der Waals surface area contributed by atoms with Crippen LogP contribution in [0.25, 0.3) is 0 Å². The maximum Gasteiger partial charge on any atom is 0.171 e. The number of hydrogen-bond donors (Lipinski definition) is 2. The molecule has 0 fully saturated rings. The molecule has 1 aromatic carbocycles. The SMILES string of the molecule is CCn1cc(CNC(=S)Nc2c(C)nn(Cc3ccc(F)cc3)c2C)c(C)n1. The van der Waals surface area contributed by atoms with Gasteiger partial charge < -0.3 is 10.6 Å². The molecule has 28 heavy (non-hydrogen) atoms.